The van der Waals surface area contributed by atoms with Crippen molar-refractivity contribution in [3.63, 3.8) is 0 Å². The third-order valence-electron chi connectivity index (χ3n) is 3.58. The number of hydrogen-bond acceptors (Lipinski definition) is 3. The predicted molar refractivity (Wildman–Crippen MR) is 74.1 cm³/mol. The lowest BCUT2D eigenvalue weighted by Crippen LogP contribution is -2.47. The van der Waals surface area contributed by atoms with Gasteiger partial charge in [0.2, 0.25) is 5.91 Å². The van der Waals surface area contributed by atoms with Crippen LogP contribution in [-0.2, 0) is 11.8 Å². The molecule has 0 spiro atoms. The Morgan fingerprint density at radius 1 is 1.50 bits per heavy atom. The van der Waals surface area contributed by atoms with E-state index in [0.717, 1.165) is 32.1 Å². The Morgan fingerprint density at radius 2 is 2.17 bits per heavy atom. The van der Waals surface area contributed by atoms with Crippen molar-refractivity contribution in [1.82, 2.24) is 9.78 Å². The number of nitrogens with one attached hydrogen (secondary N) is 1. The van der Waals surface area contributed by atoms with Crippen LogP contribution in [0.2, 0.25) is 0 Å². The van der Waals surface area contributed by atoms with E-state index in [4.69, 9.17) is 18.0 Å². The first-order valence-corrected chi connectivity index (χ1v) is 6.55. The zero-order chi connectivity index (χ0) is 13.2. The Bertz CT molecular complexity index is 462. The van der Waals surface area contributed by atoms with Crippen LogP contribution in [0.4, 0.5) is 5.69 Å². The Hall–Kier alpha value is -1.43. The van der Waals surface area contributed by atoms with Crippen molar-refractivity contribution in [2.24, 2.45) is 18.2 Å². The van der Waals surface area contributed by atoms with E-state index in [1.165, 1.54) is 0 Å². The summed E-state index contributed by atoms with van der Waals surface area (Å²) in [6, 6.07) is 0. The maximum atomic E-state index is 12.4. The van der Waals surface area contributed by atoms with Gasteiger partial charge in [0.05, 0.1) is 22.3 Å². The highest BCUT2D eigenvalue weighted by Gasteiger charge is 2.42. The average Bonchev–Trinajstić information content (AvgIpc) is 2.75. The lowest BCUT2D eigenvalue weighted by molar-refractivity contribution is -0.123. The van der Waals surface area contributed by atoms with Crippen LogP contribution in [0.1, 0.15) is 32.1 Å². The van der Waals surface area contributed by atoms with E-state index < -0.39 is 5.41 Å². The number of aromatic nitrogens is 2. The lowest BCUT2D eigenvalue weighted by atomic mass is 9.73. The van der Waals surface area contributed by atoms with Crippen molar-refractivity contribution < 1.29 is 4.79 Å². The summed E-state index contributed by atoms with van der Waals surface area (Å²) in [7, 11) is 1.81. The molecule has 18 heavy (non-hydrogen) atoms. The lowest BCUT2D eigenvalue weighted by Gasteiger charge is -2.34. The second-order valence-electron chi connectivity index (χ2n) is 4.86. The minimum atomic E-state index is -0.677. The largest absolute Gasteiger partial charge is 0.392 e. The van der Waals surface area contributed by atoms with Crippen LogP contribution in [0, 0.1) is 5.41 Å². The fourth-order valence-corrected chi connectivity index (χ4v) is 2.77. The number of carbonyl (C=O) groups excluding carboxylic acids is 1. The molecule has 1 aromatic heterocycles. The number of nitrogens with two attached hydrogens (primary N) is 1. The summed E-state index contributed by atoms with van der Waals surface area (Å²) in [6.07, 6.45) is 8.00. The summed E-state index contributed by atoms with van der Waals surface area (Å²) in [4.78, 5) is 12.7. The zero-order valence-electron chi connectivity index (χ0n) is 10.5. The highest BCUT2D eigenvalue weighted by Crippen LogP contribution is 2.37. The molecule has 1 heterocycles. The van der Waals surface area contributed by atoms with E-state index in [9.17, 15) is 4.79 Å². The third-order valence-corrected chi connectivity index (χ3v) is 3.97. The second kappa shape index (κ2) is 5.06. The van der Waals surface area contributed by atoms with E-state index in [1.54, 1.807) is 24.1 Å². The summed E-state index contributed by atoms with van der Waals surface area (Å²) in [6.45, 7) is 0. The fraction of sp³-hybridized carbons (Fsp3) is 0.583. The number of hydrogen-bond donors (Lipinski definition) is 2. The molecule has 1 aliphatic rings. The molecule has 1 aliphatic carbocycles. The van der Waals surface area contributed by atoms with Gasteiger partial charge in [-0.1, -0.05) is 31.5 Å². The normalized spacial score (nSPS) is 18.3. The Labute approximate surface area is 112 Å². The molecule has 0 radical (unpaired) electrons. The van der Waals surface area contributed by atoms with Crippen molar-refractivity contribution in [1.29, 1.82) is 0 Å². The van der Waals surface area contributed by atoms with Crippen LogP contribution < -0.4 is 11.1 Å². The molecule has 6 heteroatoms. The molecule has 3 N–H and O–H groups in total. The van der Waals surface area contributed by atoms with Crippen LogP contribution in [0.15, 0.2) is 12.4 Å². The quantitative estimate of drug-likeness (QED) is 0.815. The number of nitrogens with zero attached hydrogens (tertiary/aromatic N) is 2. The number of aryl methyl sites for hydroxylation is 1. The summed E-state index contributed by atoms with van der Waals surface area (Å²) < 4.78 is 1.64. The van der Waals surface area contributed by atoms with Crippen molar-refractivity contribution >= 4 is 28.8 Å². The molecule has 5 nitrogen and oxygen atoms in total. The molecule has 0 unspecified atom stereocenters. The van der Waals surface area contributed by atoms with Crippen LogP contribution in [0.25, 0.3) is 0 Å². The Morgan fingerprint density at radius 3 is 2.67 bits per heavy atom. The summed E-state index contributed by atoms with van der Waals surface area (Å²) in [5, 5.41) is 6.89. The first-order valence-electron chi connectivity index (χ1n) is 6.14. The SMILES string of the molecule is Cn1cc(NC(=O)C2(C(N)=S)CCCCC2)cn1. The molecule has 1 amide bonds. The van der Waals surface area contributed by atoms with Crippen LogP contribution in [-0.4, -0.2) is 20.7 Å². The molecular weight excluding hydrogens is 248 g/mol. The molecule has 0 aliphatic heterocycles. The van der Waals surface area contributed by atoms with Gasteiger partial charge in [-0.3, -0.25) is 9.48 Å². The molecule has 0 saturated heterocycles. The highest BCUT2D eigenvalue weighted by molar-refractivity contribution is 7.80. The van der Waals surface area contributed by atoms with E-state index >= 15 is 0 Å². The molecule has 0 bridgehead atoms. The van der Waals surface area contributed by atoms with Crippen molar-refractivity contribution in [2.75, 3.05) is 5.32 Å². The number of amides is 1. The molecular formula is C12H18N4OS. The van der Waals surface area contributed by atoms with Crippen LogP contribution >= 0.6 is 12.2 Å². The smallest absolute Gasteiger partial charge is 0.237 e. The Balaban J connectivity index is 2.16. The van der Waals surface area contributed by atoms with Gasteiger partial charge in [0.1, 0.15) is 0 Å². The predicted octanol–water partition coefficient (Wildman–Crippen LogP) is 1.60. The number of rotatable bonds is 3. The third kappa shape index (κ3) is 2.38. The first kappa shape index (κ1) is 13.0. The van der Waals surface area contributed by atoms with Gasteiger partial charge in [0.25, 0.3) is 0 Å². The molecule has 1 saturated carbocycles. The second-order valence-corrected chi connectivity index (χ2v) is 5.30. The maximum absolute atomic E-state index is 12.4. The van der Waals surface area contributed by atoms with Gasteiger partial charge < -0.3 is 11.1 Å². The van der Waals surface area contributed by atoms with Crippen LogP contribution in [0.3, 0.4) is 0 Å². The molecule has 2 rings (SSSR count). The van der Waals surface area contributed by atoms with Gasteiger partial charge in [0, 0.05) is 13.2 Å². The highest BCUT2D eigenvalue weighted by atomic mass is 32.1. The van der Waals surface area contributed by atoms with E-state index in [0.29, 0.717) is 10.7 Å². The molecule has 0 aromatic carbocycles. The first-order chi connectivity index (χ1) is 8.54. The maximum Gasteiger partial charge on any atom is 0.237 e. The molecule has 1 fully saturated rings. The van der Waals surface area contributed by atoms with Gasteiger partial charge in [-0.05, 0) is 12.8 Å². The van der Waals surface area contributed by atoms with E-state index in [1.807, 2.05) is 0 Å². The number of thiocarbonyl (C=S) groups is 1. The van der Waals surface area contributed by atoms with Gasteiger partial charge in [0.15, 0.2) is 0 Å². The molecule has 98 valence electrons. The summed E-state index contributed by atoms with van der Waals surface area (Å²) >= 11 is 5.12. The fourth-order valence-electron chi connectivity index (χ4n) is 2.48. The van der Waals surface area contributed by atoms with Gasteiger partial charge in [-0.15, -0.1) is 0 Å². The zero-order valence-corrected chi connectivity index (χ0v) is 11.3. The molecule has 0 atom stereocenters. The van der Waals surface area contributed by atoms with Crippen molar-refractivity contribution in [3.8, 4) is 0 Å². The average molecular weight is 266 g/mol. The number of carbonyl (C=O) groups is 1. The van der Waals surface area contributed by atoms with Crippen LogP contribution in [0.5, 0.6) is 0 Å². The minimum Gasteiger partial charge on any atom is -0.392 e. The molecule has 1 aromatic rings. The van der Waals surface area contributed by atoms with Gasteiger partial charge in [-0.25, -0.2) is 0 Å². The van der Waals surface area contributed by atoms with Gasteiger partial charge in [-0.2, -0.15) is 5.10 Å². The standard InChI is InChI=1S/C12H18N4OS/c1-16-8-9(7-14-16)15-11(17)12(10(13)18)5-3-2-4-6-12/h7-8H,2-6H2,1H3,(H2,13,18)(H,15,17). The topological polar surface area (TPSA) is 72.9 Å². The summed E-state index contributed by atoms with van der Waals surface area (Å²) in [5.41, 5.74) is 5.82. The summed E-state index contributed by atoms with van der Waals surface area (Å²) in [5.74, 6) is -0.0947. The van der Waals surface area contributed by atoms with Crippen molar-refractivity contribution in [2.45, 2.75) is 32.1 Å². The van der Waals surface area contributed by atoms with Crippen molar-refractivity contribution in [3.05, 3.63) is 12.4 Å². The monoisotopic (exact) mass is 266 g/mol. The number of anilines is 1. The van der Waals surface area contributed by atoms with E-state index in [2.05, 4.69) is 10.4 Å². The van der Waals surface area contributed by atoms with Gasteiger partial charge >= 0.3 is 0 Å². The Kier molecular flexibility index (Phi) is 3.65. The minimum absolute atomic E-state index is 0.0947. The van der Waals surface area contributed by atoms with E-state index in [-0.39, 0.29) is 5.91 Å².